The van der Waals surface area contributed by atoms with Crippen LogP contribution in [0.25, 0.3) is 0 Å². The summed E-state index contributed by atoms with van der Waals surface area (Å²) in [5.74, 6) is 1.52. The van der Waals surface area contributed by atoms with Gasteiger partial charge in [-0.3, -0.25) is 9.97 Å². The Kier molecular flexibility index (Phi) is 14.2. The first kappa shape index (κ1) is 38.8. The smallest absolute Gasteiger partial charge is 0.230 e. The number of aliphatic hydroxyl groups is 2. The summed E-state index contributed by atoms with van der Waals surface area (Å²) in [6.07, 6.45) is 17.7. The van der Waals surface area contributed by atoms with E-state index in [4.69, 9.17) is 24.2 Å². The molecule has 6 atom stereocenters. The van der Waals surface area contributed by atoms with Crippen LogP contribution in [0.4, 0.5) is 0 Å². The number of nitrogens with zero attached hydrogens (tertiary/aromatic N) is 3. The summed E-state index contributed by atoms with van der Waals surface area (Å²) >= 11 is 1.82. The average molecular weight is 740 g/mol. The molecule has 1 aliphatic heterocycles. The minimum absolute atomic E-state index is 0.00335. The van der Waals surface area contributed by atoms with Gasteiger partial charge in [0.05, 0.1) is 29.2 Å². The number of fused-ring (bicyclic) bond motifs is 2. The fourth-order valence-electron chi connectivity index (χ4n) is 8.24. The molecule has 0 bridgehead atoms. The van der Waals surface area contributed by atoms with Crippen molar-refractivity contribution in [2.24, 2.45) is 22.9 Å². The van der Waals surface area contributed by atoms with Crippen LogP contribution in [-0.4, -0.2) is 69.1 Å². The van der Waals surface area contributed by atoms with Crippen molar-refractivity contribution in [3.63, 3.8) is 0 Å². The lowest BCUT2D eigenvalue weighted by atomic mass is 9.56. The number of rotatable bonds is 21. The summed E-state index contributed by atoms with van der Waals surface area (Å²) in [6, 6.07) is 16.2. The lowest BCUT2D eigenvalue weighted by Gasteiger charge is -2.58. The van der Waals surface area contributed by atoms with Gasteiger partial charge in [0.1, 0.15) is 24.7 Å². The summed E-state index contributed by atoms with van der Waals surface area (Å²) < 4.78 is 20.4. The van der Waals surface area contributed by atoms with Crippen LogP contribution in [0.2, 0.25) is 0 Å². The summed E-state index contributed by atoms with van der Waals surface area (Å²) in [5.41, 5.74) is 5.10. The minimum Gasteiger partial charge on any atom is -0.490 e. The van der Waals surface area contributed by atoms with Crippen molar-refractivity contribution in [3.8, 4) is 11.5 Å². The Balaban J connectivity index is 1.49. The normalized spacial score (nSPS) is 25.1. The van der Waals surface area contributed by atoms with Gasteiger partial charge in [-0.15, -0.1) is 6.58 Å². The zero-order chi connectivity index (χ0) is 36.9. The van der Waals surface area contributed by atoms with Crippen LogP contribution in [0.5, 0.6) is 11.5 Å². The number of ether oxygens (including phenoxy) is 3. The van der Waals surface area contributed by atoms with Crippen LogP contribution in [-0.2, 0) is 22.6 Å². The summed E-state index contributed by atoms with van der Waals surface area (Å²) in [6.45, 7) is 9.29. The average Bonchev–Trinajstić information content (AvgIpc) is 3.19. The van der Waals surface area contributed by atoms with Crippen LogP contribution in [0.1, 0.15) is 67.7 Å². The predicted octanol–water partition coefficient (Wildman–Crippen LogP) is 7.85. The first-order valence-electron chi connectivity index (χ1n) is 19.0. The molecule has 0 unspecified atom stereocenters. The lowest BCUT2D eigenvalue weighted by Crippen LogP contribution is -2.64. The number of aliphatic hydroxyl groups excluding tert-OH is 2. The van der Waals surface area contributed by atoms with E-state index >= 15 is 0 Å². The van der Waals surface area contributed by atoms with Gasteiger partial charge in [0, 0.05) is 56.1 Å². The molecule has 282 valence electrons. The van der Waals surface area contributed by atoms with Crippen LogP contribution in [0, 0.1) is 17.8 Å². The first-order valence-corrected chi connectivity index (χ1v) is 20.0. The highest BCUT2D eigenvalue weighted by atomic mass is 32.2. The van der Waals surface area contributed by atoms with Gasteiger partial charge in [0.15, 0.2) is 0 Å². The third kappa shape index (κ3) is 9.23. The van der Waals surface area contributed by atoms with Gasteiger partial charge in [-0.1, -0.05) is 73.1 Å². The maximum absolute atomic E-state index is 9.86. The SMILES string of the molecule is C=CCOc1ccc2c(c1)[C@H]1[C@H](CCCCO)[C@@H](CCCCO)C=C3C(=NOCc4ccccc4)C[C@H](SCCc4cnccn4)[C@@](OCC=C)(O2)[C@H]31. The van der Waals surface area contributed by atoms with Crippen molar-refractivity contribution >= 4 is 17.5 Å². The topological polar surface area (TPSA) is 116 Å². The Morgan fingerprint density at radius 3 is 2.55 bits per heavy atom. The molecular formula is C43H53N3O6S. The Labute approximate surface area is 318 Å². The number of unbranched alkanes of at least 4 members (excludes halogenated alkanes) is 2. The molecule has 0 spiro atoms. The third-order valence-corrected chi connectivity index (χ3v) is 11.9. The number of benzene rings is 2. The summed E-state index contributed by atoms with van der Waals surface area (Å²) in [4.78, 5) is 15.0. The Morgan fingerprint density at radius 1 is 0.981 bits per heavy atom. The highest BCUT2D eigenvalue weighted by Crippen LogP contribution is 2.62. The molecule has 2 aliphatic carbocycles. The van der Waals surface area contributed by atoms with Crippen molar-refractivity contribution in [2.75, 3.05) is 32.2 Å². The zero-order valence-corrected chi connectivity index (χ0v) is 31.4. The van der Waals surface area contributed by atoms with Gasteiger partial charge >= 0.3 is 0 Å². The molecule has 1 fully saturated rings. The molecule has 10 heteroatoms. The third-order valence-electron chi connectivity index (χ3n) is 10.5. The van der Waals surface area contributed by atoms with E-state index in [0.29, 0.717) is 26.2 Å². The Hall–Kier alpha value is -3.96. The van der Waals surface area contributed by atoms with Crippen LogP contribution < -0.4 is 9.47 Å². The number of thioether (sulfide) groups is 1. The number of hydrogen-bond acceptors (Lipinski definition) is 10. The van der Waals surface area contributed by atoms with E-state index < -0.39 is 5.79 Å². The molecule has 9 nitrogen and oxygen atoms in total. The van der Waals surface area contributed by atoms with Crippen LogP contribution >= 0.6 is 11.8 Å². The van der Waals surface area contributed by atoms with E-state index in [2.05, 4.69) is 35.3 Å². The van der Waals surface area contributed by atoms with Crippen LogP contribution in [0.15, 0.2) is 109 Å². The van der Waals surface area contributed by atoms with Crippen LogP contribution in [0.3, 0.4) is 0 Å². The van der Waals surface area contributed by atoms with E-state index in [0.717, 1.165) is 90.3 Å². The molecule has 3 aliphatic rings. The van der Waals surface area contributed by atoms with E-state index in [-0.39, 0.29) is 42.1 Å². The monoisotopic (exact) mass is 739 g/mol. The van der Waals surface area contributed by atoms with E-state index in [1.807, 2.05) is 60.4 Å². The number of oxime groups is 1. The van der Waals surface area contributed by atoms with Gasteiger partial charge < -0.3 is 29.3 Å². The van der Waals surface area contributed by atoms with Crippen molar-refractivity contribution in [3.05, 3.63) is 121 Å². The van der Waals surface area contributed by atoms with Gasteiger partial charge in [0.25, 0.3) is 0 Å². The largest absolute Gasteiger partial charge is 0.490 e. The summed E-state index contributed by atoms with van der Waals surface area (Å²) in [7, 11) is 0. The Morgan fingerprint density at radius 2 is 1.79 bits per heavy atom. The standard InChI is InChI=1S/C43H53N3O6S/c1-3-23-49-34-16-17-39-37(27-34)41-35(15-9-11-22-48)32(14-8-10-21-47)26-36-38(46-51-30-31-12-6-5-7-13-31)28-40(43(52-39,42(36)41)50-24-4-2)53-25-18-33-29-44-19-20-45-33/h3-7,12-13,16-17,19-20,26-27,29,32,35,40-42,47-48H,1-2,8-11,14-15,18,21-25,28,30H2/t32-,35+,40-,41+,42+,43+/m0/s1. The molecular weight excluding hydrogens is 687 g/mol. The molecule has 3 aromatic rings. The quantitative estimate of drug-likeness (QED) is 0.0641. The van der Waals surface area contributed by atoms with Gasteiger partial charge in [0.2, 0.25) is 5.79 Å². The minimum atomic E-state index is -1.03. The Bertz CT molecular complexity index is 1690. The van der Waals surface area contributed by atoms with Crippen molar-refractivity contribution in [1.29, 1.82) is 0 Å². The molecule has 2 heterocycles. The second-order valence-electron chi connectivity index (χ2n) is 13.9. The second kappa shape index (κ2) is 19.4. The van der Waals surface area contributed by atoms with Crippen molar-refractivity contribution in [1.82, 2.24) is 9.97 Å². The van der Waals surface area contributed by atoms with E-state index in [1.165, 1.54) is 0 Å². The molecule has 0 radical (unpaired) electrons. The molecule has 2 N–H and O–H groups in total. The highest BCUT2D eigenvalue weighted by molar-refractivity contribution is 8.00. The molecule has 0 saturated heterocycles. The number of hydrogen-bond donors (Lipinski definition) is 2. The van der Waals surface area contributed by atoms with E-state index in [1.54, 1.807) is 24.5 Å². The number of aromatic nitrogens is 2. The second-order valence-corrected chi connectivity index (χ2v) is 15.2. The fourth-order valence-corrected chi connectivity index (χ4v) is 9.63. The van der Waals surface area contributed by atoms with E-state index in [9.17, 15) is 10.2 Å². The highest BCUT2D eigenvalue weighted by Gasteiger charge is 2.64. The lowest BCUT2D eigenvalue weighted by molar-refractivity contribution is -0.223. The number of aryl methyl sites for hydroxylation is 1. The molecule has 6 rings (SSSR count). The molecule has 1 aromatic heterocycles. The predicted molar refractivity (Wildman–Crippen MR) is 210 cm³/mol. The summed E-state index contributed by atoms with van der Waals surface area (Å²) in [5, 5.41) is 24.4. The number of allylic oxidation sites excluding steroid dienone is 1. The molecule has 1 saturated carbocycles. The van der Waals surface area contributed by atoms with Crippen molar-refractivity contribution in [2.45, 2.75) is 74.9 Å². The maximum Gasteiger partial charge on any atom is 0.230 e. The van der Waals surface area contributed by atoms with Gasteiger partial charge in [-0.05, 0) is 72.6 Å². The first-order chi connectivity index (χ1) is 26.1. The van der Waals surface area contributed by atoms with Crippen molar-refractivity contribution < 1.29 is 29.3 Å². The molecule has 0 amide bonds. The van der Waals surface area contributed by atoms with Gasteiger partial charge in [-0.2, -0.15) is 11.8 Å². The van der Waals surface area contributed by atoms with Gasteiger partial charge in [-0.25, -0.2) is 0 Å². The molecule has 53 heavy (non-hydrogen) atoms. The fraction of sp³-hybridized carbons (Fsp3) is 0.465. The molecule has 2 aromatic carbocycles. The zero-order valence-electron chi connectivity index (χ0n) is 30.6. The maximum atomic E-state index is 9.86.